The smallest absolute Gasteiger partial charge is 0.324 e. The zero-order chi connectivity index (χ0) is 13.3. The number of rotatable bonds is 5. The van der Waals surface area contributed by atoms with Gasteiger partial charge in [0.2, 0.25) is 0 Å². The fraction of sp³-hybridized carbons (Fsp3) is 0.667. The maximum absolute atomic E-state index is 12.0. The van der Waals surface area contributed by atoms with Crippen LogP contribution in [0.25, 0.3) is 0 Å². The van der Waals surface area contributed by atoms with Gasteiger partial charge < -0.3 is 5.11 Å². The summed E-state index contributed by atoms with van der Waals surface area (Å²) in [5.41, 5.74) is 0. The highest BCUT2D eigenvalue weighted by atomic mass is 32.2. The predicted molar refractivity (Wildman–Crippen MR) is 60.0 cm³/mol. The Morgan fingerprint density at radius 2 is 2.12 bits per heavy atom. The highest BCUT2D eigenvalue weighted by molar-refractivity contribution is 7.92. The van der Waals surface area contributed by atoms with Crippen LogP contribution in [0.15, 0.2) is 6.33 Å². The van der Waals surface area contributed by atoms with Crippen LogP contribution in [0.4, 0.5) is 0 Å². The molecule has 0 aliphatic rings. The largest absolute Gasteiger partial charge is 0.480 e. The van der Waals surface area contributed by atoms with E-state index >= 15 is 0 Å². The normalized spacial score (nSPS) is 12.6. The molecule has 1 rings (SSSR count). The number of hydrogen-bond acceptors (Lipinski definition) is 5. The Hall–Kier alpha value is -1.44. The van der Waals surface area contributed by atoms with Gasteiger partial charge in [0.1, 0.15) is 17.9 Å². The minimum Gasteiger partial charge on any atom is -0.480 e. The molecule has 17 heavy (non-hydrogen) atoms. The second-order valence-electron chi connectivity index (χ2n) is 4.07. The summed E-state index contributed by atoms with van der Waals surface area (Å²) in [5, 5.41) is 12.7. The third-order valence-electron chi connectivity index (χ3n) is 2.61. The van der Waals surface area contributed by atoms with E-state index in [4.69, 9.17) is 5.11 Å². The predicted octanol–water partition coefficient (Wildman–Crippen LogP) is 0.0760. The van der Waals surface area contributed by atoms with E-state index in [0.717, 1.165) is 13.8 Å². The van der Waals surface area contributed by atoms with Crippen LogP contribution in [0, 0.1) is 0 Å². The molecule has 1 aromatic heterocycles. The molecular weight excluding hydrogens is 246 g/mol. The second-order valence-corrected chi connectivity index (χ2v) is 6.61. The highest BCUT2D eigenvalue weighted by Gasteiger charge is 2.42. The van der Waals surface area contributed by atoms with Gasteiger partial charge >= 0.3 is 5.97 Å². The standard InChI is InChI=1S/C9H15N3O4S/c1-4-12-7(10-6-11-12)5-17(15,16)9(2,3)8(13)14/h6H,4-5H2,1-3H3,(H,13,14). The third kappa shape index (κ3) is 2.46. The molecule has 0 radical (unpaired) electrons. The van der Waals surface area contributed by atoms with Crippen LogP contribution in [0.5, 0.6) is 0 Å². The molecule has 0 unspecified atom stereocenters. The van der Waals surface area contributed by atoms with E-state index in [2.05, 4.69) is 10.1 Å². The average molecular weight is 261 g/mol. The number of aromatic nitrogens is 3. The first-order chi connectivity index (χ1) is 7.72. The van der Waals surface area contributed by atoms with Crippen molar-refractivity contribution in [1.82, 2.24) is 14.8 Å². The Morgan fingerprint density at radius 1 is 1.53 bits per heavy atom. The van der Waals surface area contributed by atoms with Crippen LogP contribution in [-0.4, -0.2) is 39.0 Å². The number of aliphatic carboxylic acids is 1. The fourth-order valence-electron chi connectivity index (χ4n) is 1.15. The molecule has 0 saturated heterocycles. The van der Waals surface area contributed by atoms with Gasteiger partial charge in [-0.05, 0) is 20.8 Å². The summed E-state index contributed by atoms with van der Waals surface area (Å²) in [6.07, 6.45) is 1.25. The van der Waals surface area contributed by atoms with Gasteiger partial charge in [-0.3, -0.25) is 4.79 Å². The summed E-state index contributed by atoms with van der Waals surface area (Å²) in [6.45, 7) is 4.61. The summed E-state index contributed by atoms with van der Waals surface area (Å²) >= 11 is 0. The molecule has 0 aliphatic heterocycles. The van der Waals surface area contributed by atoms with E-state index in [1.54, 1.807) is 6.92 Å². The van der Waals surface area contributed by atoms with Gasteiger partial charge in [-0.15, -0.1) is 0 Å². The molecule has 1 aromatic rings. The number of aryl methyl sites for hydroxylation is 1. The van der Waals surface area contributed by atoms with Crippen molar-refractivity contribution >= 4 is 15.8 Å². The van der Waals surface area contributed by atoms with Crippen LogP contribution in [0.3, 0.4) is 0 Å². The van der Waals surface area contributed by atoms with Crippen molar-refractivity contribution in [1.29, 1.82) is 0 Å². The first-order valence-corrected chi connectivity index (χ1v) is 6.70. The Labute approximate surface area is 99.4 Å². The van der Waals surface area contributed by atoms with Crippen molar-refractivity contribution < 1.29 is 18.3 Å². The molecule has 7 nitrogen and oxygen atoms in total. The van der Waals surface area contributed by atoms with E-state index in [9.17, 15) is 13.2 Å². The lowest BCUT2D eigenvalue weighted by atomic mass is 10.2. The van der Waals surface area contributed by atoms with Gasteiger partial charge in [-0.1, -0.05) is 0 Å². The summed E-state index contributed by atoms with van der Waals surface area (Å²) in [6, 6.07) is 0. The van der Waals surface area contributed by atoms with Crippen molar-refractivity contribution in [2.75, 3.05) is 0 Å². The first kappa shape index (κ1) is 13.6. The number of sulfone groups is 1. The lowest BCUT2D eigenvalue weighted by molar-refractivity contribution is -0.139. The molecule has 0 fully saturated rings. The van der Waals surface area contributed by atoms with Crippen LogP contribution in [0.2, 0.25) is 0 Å². The topological polar surface area (TPSA) is 102 Å². The number of carboxylic acid groups (broad SMARTS) is 1. The molecule has 96 valence electrons. The fourth-order valence-corrected chi connectivity index (χ4v) is 2.34. The monoisotopic (exact) mass is 261 g/mol. The summed E-state index contributed by atoms with van der Waals surface area (Å²) < 4.78 is 23.5. The van der Waals surface area contributed by atoms with E-state index in [-0.39, 0.29) is 5.82 Å². The summed E-state index contributed by atoms with van der Waals surface area (Å²) in [5.74, 6) is -1.55. The molecule has 0 amide bonds. The first-order valence-electron chi connectivity index (χ1n) is 5.04. The Bertz CT molecular complexity index is 518. The molecule has 1 heterocycles. The maximum atomic E-state index is 12.0. The minimum absolute atomic E-state index is 0.252. The van der Waals surface area contributed by atoms with E-state index in [1.165, 1.54) is 11.0 Å². The Kier molecular flexibility index (Phi) is 3.56. The van der Waals surface area contributed by atoms with E-state index in [1.807, 2.05) is 0 Å². The summed E-state index contributed by atoms with van der Waals surface area (Å²) in [7, 11) is -3.84. The van der Waals surface area contributed by atoms with Crippen molar-refractivity contribution in [3.8, 4) is 0 Å². The molecule has 0 spiro atoms. The molecular formula is C9H15N3O4S. The number of carbonyl (C=O) groups is 1. The highest BCUT2D eigenvalue weighted by Crippen LogP contribution is 2.20. The Morgan fingerprint density at radius 3 is 2.59 bits per heavy atom. The van der Waals surface area contributed by atoms with E-state index < -0.39 is 26.3 Å². The van der Waals surface area contributed by atoms with Crippen LogP contribution < -0.4 is 0 Å². The lowest BCUT2D eigenvalue weighted by Gasteiger charge is -2.19. The minimum atomic E-state index is -3.84. The van der Waals surface area contributed by atoms with Crippen LogP contribution in [0.1, 0.15) is 26.6 Å². The van der Waals surface area contributed by atoms with Crippen molar-refractivity contribution in [2.24, 2.45) is 0 Å². The second kappa shape index (κ2) is 4.44. The lowest BCUT2D eigenvalue weighted by Crippen LogP contribution is -2.41. The van der Waals surface area contributed by atoms with Crippen LogP contribution in [-0.2, 0) is 26.9 Å². The van der Waals surface area contributed by atoms with Gasteiger partial charge in [-0.2, -0.15) is 5.10 Å². The van der Waals surface area contributed by atoms with E-state index in [0.29, 0.717) is 6.54 Å². The van der Waals surface area contributed by atoms with Crippen molar-refractivity contribution in [2.45, 2.75) is 37.8 Å². The zero-order valence-corrected chi connectivity index (χ0v) is 10.7. The average Bonchev–Trinajstić information content (AvgIpc) is 2.63. The number of hydrogen-bond donors (Lipinski definition) is 1. The quantitative estimate of drug-likeness (QED) is 0.805. The zero-order valence-electron chi connectivity index (χ0n) is 9.91. The molecule has 8 heteroatoms. The van der Waals surface area contributed by atoms with Crippen molar-refractivity contribution in [3.05, 3.63) is 12.2 Å². The van der Waals surface area contributed by atoms with Gasteiger partial charge in [0.05, 0.1) is 0 Å². The third-order valence-corrected chi connectivity index (χ3v) is 4.97. The maximum Gasteiger partial charge on any atom is 0.324 e. The summed E-state index contributed by atoms with van der Waals surface area (Å²) in [4.78, 5) is 14.8. The molecule has 0 aromatic carbocycles. The molecule has 0 atom stereocenters. The Balaban J connectivity index is 3.07. The van der Waals surface area contributed by atoms with Gasteiger partial charge in [0, 0.05) is 6.54 Å². The van der Waals surface area contributed by atoms with Gasteiger partial charge in [0.25, 0.3) is 0 Å². The number of nitrogens with zero attached hydrogens (tertiary/aromatic N) is 3. The molecule has 1 N–H and O–H groups in total. The van der Waals surface area contributed by atoms with Crippen LogP contribution >= 0.6 is 0 Å². The molecule has 0 bridgehead atoms. The van der Waals surface area contributed by atoms with Gasteiger partial charge in [0.15, 0.2) is 14.6 Å². The molecule has 0 saturated carbocycles. The van der Waals surface area contributed by atoms with Crippen molar-refractivity contribution in [3.63, 3.8) is 0 Å². The van der Waals surface area contributed by atoms with Gasteiger partial charge in [-0.25, -0.2) is 18.1 Å². The SMILES string of the molecule is CCn1ncnc1CS(=O)(=O)C(C)(C)C(=O)O. The molecule has 0 aliphatic carbocycles. The number of carboxylic acids is 1.